The third-order valence-electron chi connectivity index (χ3n) is 2.84. The summed E-state index contributed by atoms with van der Waals surface area (Å²) in [5.74, 6) is 0.220. The molecule has 0 spiro atoms. The first kappa shape index (κ1) is 11.5. The highest BCUT2D eigenvalue weighted by atomic mass is 16.5. The average Bonchev–Trinajstić information content (AvgIpc) is 2.27. The molecular formula is C10H19NO3. The quantitative estimate of drug-likeness (QED) is 0.712. The van der Waals surface area contributed by atoms with Crippen LogP contribution in [0.2, 0.25) is 0 Å². The minimum atomic E-state index is -0.0923. The molecule has 0 saturated carbocycles. The topological polar surface area (TPSA) is 49.8 Å². The molecule has 0 radical (unpaired) electrons. The van der Waals surface area contributed by atoms with E-state index in [1.807, 2.05) is 6.92 Å². The van der Waals surface area contributed by atoms with Gasteiger partial charge in [-0.05, 0) is 19.8 Å². The van der Waals surface area contributed by atoms with Crippen LogP contribution in [-0.2, 0) is 9.53 Å². The highest BCUT2D eigenvalue weighted by Crippen LogP contribution is 2.17. The van der Waals surface area contributed by atoms with Gasteiger partial charge in [-0.25, -0.2) is 0 Å². The Labute approximate surface area is 84.8 Å². The first-order valence-electron chi connectivity index (χ1n) is 5.12. The second-order valence-corrected chi connectivity index (χ2v) is 3.87. The fourth-order valence-electron chi connectivity index (χ4n) is 1.57. The molecule has 1 amide bonds. The first-order chi connectivity index (χ1) is 6.66. The standard InChI is InChI=1S/C10H19NO3/c1-8(7-12)11(2)10(13)9-3-5-14-6-4-9/h8-9,12H,3-7H2,1-2H3. The summed E-state index contributed by atoms with van der Waals surface area (Å²) in [6.07, 6.45) is 1.61. The van der Waals surface area contributed by atoms with Gasteiger partial charge in [-0.15, -0.1) is 0 Å². The van der Waals surface area contributed by atoms with Crippen LogP contribution in [0.4, 0.5) is 0 Å². The molecule has 82 valence electrons. The Bertz CT molecular complexity index is 186. The SMILES string of the molecule is CC(CO)N(C)C(=O)C1CCOCC1. The van der Waals surface area contributed by atoms with Crippen LogP contribution in [0.15, 0.2) is 0 Å². The summed E-state index contributed by atoms with van der Waals surface area (Å²) in [4.78, 5) is 13.5. The van der Waals surface area contributed by atoms with E-state index in [4.69, 9.17) is 9.84 Å². The Morgan fingerprint density at radius 2 is 2.14 bits per heavy atom. The number of hydrogen-bond donors (Lipinski definition) is 1. The molecule has 1 atom stereocenters. The third-order valence-corrected chi connectivity index (χ3v) is 2.84. The van der Waals surface area contributed by atoms with E-state index >= 15 is 0 Å². The molecule has 0 bridgehead atoms. The molecule has 4 heteroatoms. The van der Waals surface area contributed by atoms with Crippen molar-refractivity contribution in [3.8, 4) is 0 Å². The van der Waals surface area contributed by atoms with Gasteiger partial charge in [-0.1, -0.05) is 0 Å². The molecule has 1 heterocycles. The van der Waals surface area contributed by atoms with Crippen molar-refractivity contribution in [3.63, 3.8) is 0 Å². The van der Waals surface area contributed by atoms with Crippen molar-refractivity contribution in [1.82, 2.24) is 4.90 Å². The summed E-state index contributed by atoms with van der Waals surface area (Å²) in [5.41, 5.74) is 0. The van der Waals surface area contributed by atoms with Crippen LogP contribution < -0.4 is 0 Å². The lowest BCUT2D eigenvalue weighted by Gasteiger charge is -2.29. The molecule has 1 aliphatic heterocycles. The predicted octanol–water partition coefficient (Wildman–Crippen LogP) is 0.252. The summed E-state index contributed by atoms with van der Waals surface area (Å²) >= 11 is 0. The van der Waals surface area contributed by atoms with Crippen molar-refractivity contribution in [2.24, 2.45) is 5.92 Å². The number of nitrogens with zero attached hydrogens (tertiary/aromatic N) is 1. The molecule has 1 unspecified atom stereocenters. The number of likely N-dealkylation sites (N-methyl/N-ethyl adjacent to an activating group) is 1. The number of ether oxygens (including phenoxy) is 1. The fourth-order valence-corrected chi connectivity index (χ4v) is 1.57. The van der Waals surface area contributed by atoms with Crippen molar-refractivity contribution in [1.29, 1.82) is 0 Å². The maximum atomic E-state index is 11.9. The molecule has 0 aliphatic carbocycles. The Balaban J connectivity index is 2.46. The van der Waals surface area contributed by atoms with Crippen molar-refractivity contribution in [3.05, 3.63) is 0 Å². The first-order valence-corrected chi connectivity index (χ1v) is 5.12. The zero-order valence-corrected chi connectivity index (χ0v) is 8.90. The third kappa shape index (κ3) is 2.69. The zero-order chi connectivity index (χ0) is 10.6. The summed E-state index contributed by atoms with van der Waals surface area (Å²) < 4.78 is 5.20. The highest BCUT2D eigenvalue weighted by molar-refractivity contribution is 5.78. The molecule has 1 fully saturated rings. The van der Waals surface area contributed by atoms with Crippen LogP contribution in [0.3, 0.4) is 0 Å². The van der Waals surface area contributed by atoms with E-state index in [2.05, 4.69) is 0 Å². The number of aliphatic hydroxyl groups excluding tert-OH is 1. The lowest BCUT2D eigenvalue weighted by atomic mass is 9.98. The van der Waals surface area contributed by atoms with Gasteiger partial charge in [0.05, 0.1) is 12.6 Å². The predicted molar refractivity (Wildman–Crippen MR) is 52.9 cm³/mol. The van der Waals surface area contributed by atoms with Gasteiger partial charge in [0.15, 0.2) is 0 Å². The van der Waals surface area contributed by atoms with Gasteiger partial charge in [0, 0.05) is 26.2 Å². The molecule has 0 aromatic heterocycles. The number of aliphatic hydroxyl groups is 1. The Morgan fingerprint density at radius 1 is 1.57 bits per heavy atom. The molecule has 1 saturated heterocycles. The molecule has 1 rings (SSSR count). The van der Waals surface area contributed by atoms with Crippen molar-refractivity contribution >= 4 is 5.91 Å². The number of rotatable bonds is 3. The van der Waals surface area contributed by atoms with Gasteiger partial charge in [0.25, 0.3) is 0 Å². The van der Waals surface area contributed by atoms with Gasteiger partial charge >= 0.3 is 0 Å². The fraction of sp³-hybridized carbons (Fsp3) is 0.900. The number of carbonyl (C=O) groups is 1. The molecule has 14 heavy (non-hydrogen) atoms. The number of carbonyl (C=O) groups excluding carboxylic acids is 1. The van der Waals surface area contributed by atoms with E-state index in [9.17, 15) is 4.79 Å². The second-order valence-electron chi connectivity index (χ2n) is 3.87. The minimum absolute atomic E-state index is 0.0193. The van der Waals surface area contributed by atoms with Crippen molar-refractivity contribution < 1.29 is 14.6 Å². The van der Waals surface area contributed by atoms with Crippen molar-refractivity contribution in [2.75, 3.05) is 26.9 Å². The highest BCUT2D eigenvalue weighted by Gasteiger charge is 2.26. The normalized spacial score (nSPS) is 20.5. The summed E-state index contributed by atoms with van der Waals surface area (Å²) in [6, 6.07) is -0.0923. The van der Waals surface area contributed by atoms with E-state index in [1.54, 1.807) is 11.9 Å². The van der Waals surface area contributed by atoms with Gasteiger partial charge in [-0.3, -0.25) is 4.79 Å². The molecule has 0 aromatic carbocycles. The maximum Gasteiger partial charge on any atom is 0.225 e. The summed E-state index contributed by atoms with van der Waals surface area (Å²) in [6.45, 7) is 3.22. The van der Waals surface area contributed by atoms with Crippen LogP contribution in [-0.4, -0.2) is 48.8 Å². The lowest BCUT2D eigenvalue weighted by molar-refractivity contribution is -0.139. The van der Waals surface area contributed by atoms with Crippen LogP contribution in [0.25, 0.3) is 0 Å². The molecule has 4 nitrogen and oxygen atoms in total. The largest absolute Gasteiger partial charge is 0.394 e. The van der Waals surface area contributed by atoms with Crippen LogP contribution in [0.5, 0.6) is 0 Å². The average molecular weight is 201 g/mol. The zero-order valence-electron chi connectivity index (χ0n) is 8.90. The maximum absolute atomic E-state index is 11.9. The smallest absolute Gasteiger partial charge is 0.225 e. The Morgan fingerprint density at radius 3 is 2.64 bits per heavy atom. The monoisotopic (exact) mass is 201 g/mol. The van der Waals surface area contributed by atoms with Gasteiger partial charge < -0.3 is 14.7 Å². The Hall–Kier alpha value is -0.610. The van der Waals surface area contributed by atoms with E-state index in [0.29, 0.717) is 13.2 Å². The molecule has 0 aromatic rings. The molecule has 1 aliphatic rings. The lowest BCUT2D eigenvalue weighted by Crippen LogP contribution is -2.42. The van der Waals surface area contributed by atoms with Gasteiger partial charge in [0.1, 0.15) is 0 Å². The number of hydrogen-bond acceptors (Lipinski definition) is 3. The minimum Gasteiger partial charge on any atom is -0.394 e. The van der Waals surface area contributed by atoms with E-state index in [0.717, 1.165) is 12.8 Å². The van der Waals surface area contributed by atoms with Crippen LogP contribution >= 0.6 is 0 Å². The van der Waals surface area contributed by atoms with Crippen molar-refractivity contribution in [2.45, 2.75) is 25.8 Å². The summed E-state index contributed by atoms with van der Waals surface area (Å²) in [7, 11) is 1.75. The van der Waals surface area contributed by atoms with E-state index < -0.39 is 0 Å². The van der Waals surface area contributed by atoms with Gasteiger partial charge in [0.2, 0.25) is 5.91 Å². The van der Waals surface area contributed by atoms with Crippen LogP contribution in [0.1, 0.15) is 19.8 Å². The van der Waals surface area contributed by atoms with Crippen LogP contribution in [0, 0.1) is 5.92 Å². The summed E-state index contributed by atoms with van der Waals surface area (Å²) in [5, 5.41) is 8.93. The van der Waals surface area contributed by atoms with Gasteiger partial charge in [-0.2, -0.15) is 0 Å². The molecular weight excluding hydrogens is 182 g/mol. The van der Waals surface area contributed by atoms with E-state index in [1.165, 1.54) is 0 Å². The second kappa shape index (κ2) is 5.32. The Kier molecular flexibility index (Phi) is 4.35. The molecule has 1 N–H and O–H groups in total. The number of amides is 1. The van der Waals surface area contributed by atoms with E-state index in [-0.39, 0.29) is 24.5 Å².